The van der Waals surface area contributed by atoms with Crippen molar-refractivity contribution in [3.8, 4) is 17.1 Å². The van der Waals surface area contributed by atoms with E-state index in [0.717, 1.165) is 6.07 Å². The summed E-state index contributed by atoms with van der Waals surface area (Å²) in [5.74, 6) is -1.91. The molecule has 0 radical (unpaired) electrons. The minimum absolute atomic E-state index is 0.0488. The zero-order valence-corrected chi connectivity index (χ0v) is 20.4. The highest BCUT2D eigenvalue weighted by atomic mass is 35.5. The summed E-state index contributed by atoms with van der Waals surface area (Å²) in [7, 11) is 0. The number of aromatic hydroxyl groups is 1. The van der Waals surface area contributed by atoms with Gasteiger partial charge in [0.25, 0.3) is 0 Å². The van der Waals surface area contributed by atoms with Gasteiger partial charge in [0.15, 0.2) is 5.11 Å². The second-order valence-corrected chi connectivity index (χ2v) is 9.06. The van der Waals surface area contributed by atoms with Crippen molar-refractivity contribution in [2.24, 2.45) is 0 Å². The number of thiocarbonyl (C=S) groups is 1. The van der Waals surface area contributed by atoms with E-state index in [0.29, 0.717) is 27.3 Å². The van der Waals surface area contributed by atoms with Gasteiger partial charge in [-0.1, -0.05) is 17.7 Å². The highest BCUT2D eigenvalue weighted by Crippen LogP contribution is 2.45. The third-order valence-corrected chi connectivity index (χ3v) is 6.47. The molecular formula is C26H18ClN3O6S. The number of phenols is 1. The Balaban J connectivity index is 1.64. The minimum atomic E-state index is -1.26. The zero-order chi connectivity index (χ0) is 26.3. The molecule has 9 nitrogen and oxygen atoms in total. The summed E-state index contributed by atoms with van der Waals surface area (Å²) in [6.45, 7) is 0. The van der Waals surface area contributed by atoms with Gasteiger partial charge >= 0.3 is 11.9 Å². The number of carboxylic acid groups (broad SMARTS) is 2. The van der Waals surface area contributed by atoms with E-state index < -0.39 is 24.0 Å². The molecule has 4 aromatic rings. The lowest BCUT2D eigenvalue weighted by molar-refractivity contribution is 0.0696. The van der Waals surface area contributed by atoms with Gasteiger partial charge < -0.3 is 30.0 Å². The summed E-state index contributed by atoms with van der Waals surface area (Å²) in [6, 6.07) is 16.0. The van der Waals surface area contributed by atoms with E-state index in [2.05, 4.69) is 10.3 Å². The number of pyridine rings is 1. The number of aromatic carboxylic acids is 2. The van der Waals surface area contributed by atoms with E-state index in [1.54, 1.807) is 41.4 Å². The van der Waals surface area contributed by atoms with Crippen molar-refractivity contribution in [3.63, 3.8) is 0 Å². The first kappa shape index (κ1) is 24.3. The molecule has 2 atom stereocenters. The minimum Gasteiger partial charge on any atom is -0.506 e. The van der Waals surface area contributed by atoms with Crippen LogP contribution in [0.3, 0.4) is 0 Å². The van der Waals surface area contributed by atoms with Crippen LogP contribution in [0.25, 0.3) is 11.3 Å². The average Bonchev–Trinajstić information content (AvgIpc) is 3.50. The highest BCUT2D eigenvalue weighted by molar-refractivity contribution is 7.80. The number of anilines is 1. The molecule has 3 heterocycles. The van der Waals surface area contributed by atoms with Crippen molar-refractivity contribution < 1.29 is 29.3 Å². The number of hydrogen-bond acceptors (Lipinski definition) is 6. The number of carboxylic acids is 2. The van der Waals surface area contributed by atoms with Crippen LogP contribution in [0, 0.1) is 0 Å². The predicted molar refractivity (Wildman–Crippen MR) is 139 cm³/mol. The molecular weight excluding hydrogens is 518 g/mol. The summed E-state index contributed by atoms with van der Waals surface area (Å²) >= 11 is 11.9. The molecule has 0 saturated carbocycles. The van der Waals surface area contributed by atoms with Gasteiger partial charge in [0, 0.05) is 16.8 Å². The summed E-state index contributed by atoms with van der Waals surface area (Å²) in [5, 5.41) is 33.5. The number of hydrogen-bond donors (Lipinski definition) is 4. The van der Waals surface area contributed by atoms with Crippen molar-refractivity contribution in [1.29, 1.82) is 0 Å². The molecule has 0 spiro atoms. The topological polar surface area (TPSA) is 136 Å². The second-order valence-electron chi connectivity index (χ2n) is 8.24. The summed E-state index contributed by atoms with van der Waals surface area (Å²) in [5.41, 5.74) is 0.927. The molecule has 2 aromatic carbocycles. The van der Waals surface area contributed by atoms with E-state index in [9.17, 15) is 24.9 Å². The average molecular weight is 536 g/mol. The Hall–Kier alpha value is -4.41. The van der Waals surface area contributed by atoms with E-state index in [4.69, 9.17) is 28.2 Å². The maximum Gasteiger partial charge on any atom is 0.335 e. The number of phenolic OH excluding ortho intramolecular Hbond substituents is 1. The lowest BCUT2D eigenvalue weighted by atomic mass is 10.0. The van der Waals surface area contributed by atoms with Crippen LogP contribution in [-0.2, 0) is 0 Å². The molecule has 1 fully saturated rings. The number of furan rings is 1. The molecule has 0 bridgehead atoms. The van der Waals surface area contributed by atoms with E-state index in [1.165, 1.54) is 18.2 Å². The molecule has 37 heavy (non-hydrogen) atoms. The van der Waals surface area contributed by atoms with Gasteiger partial charge in [0.2, 0.25) is 0 Å². The largest absolute Gasteiger partial charge is 0.506 e. The van der Waals surface area contributed by atoms with Crippen LogP contribution >= 0.6 is 23.8 Å². The van der Waals surface area contributed by atoms with Crippen molar-refractivity contribution in [1.82, 2.24) is 10.3 Å². The summed E-state index contributed by atoms with van der Waals surface area (Å²) in [4.78, 5) is 29.3. The number of benzene rings is 2. The van der Waals surface area contributed by atoms with E-state index >= 15 is 0 Å². The van der Waals surface area contributed by atoms with Gasteiger partial charge in [-0.3, -0.25) is 4.98 Å². The van der Waals surface area contributed by atoms with Crippen molar-refractivity contribution in [2.75, 3.05) is 4.90 Å². The first-order chi connectivity index (χ1) is 17.7. The Kier molecular flexibility index (Phi) is 6.28. The van der Waals surface area contributed by atoms with Crippen LogP contribution in [0.5, 0.6) is 5.75 Å². The summed E-state index contributed by atoms with van der Waals surface area (Å²) < 4.78 is 6.18. The molecule has 1 aliphatic rings. The third kappa shape index (κ3) is 4.59. The lowest BCUT2D eigenvalue weighted by Crippen LogP contribution is -2.29. The second kappa shape index (κ2) is 9.57. The zero-order valence-electron chi connectivity index (χ0n) is 18.8. The fourth-order valence-corrected chi connectivity index (χ4v) is 4.78. The standard InChI is InChI=1S/C26H18ClN3O6S/c27-16-4-5-19(31)18(12-16)30-23(22(29-26(30)37)17-3-1-2-8-28-17)21-7-6-20(36-21)13-9-14(24(32)33)11-15(10-13)25(34)35/h1-12,22-23,31H,(H,29,37)(H,32,33)(H,34,35)/t22-,23-/m0/s1. The maximum absolute atomic E-state index is 11.6. The fourth-order valence-electron chi connectivity index (χ4n) is 4.28. The van der Waals surface area contributed by atoms with Gasteiger partial charge in [0.05, 0.1) is 28.6 Å². The van der Waals surface area contributed by atoms with Crippen LogP contribution in [0.1, 0.15) is 44.3 Å². The first-order valence-electron chi connectivity index (χ1n) is 10.9. The molecule has 2 aromatic heterocycles. The molecule has 186 valence electrons. The van der Waals surface area contributed by atoms with E-state index in [-0.39, 0.29) is 28.2 Å². The Morgan fingerprint density at radius 2 is 1.73 bits per heavy atom. The lowest BCUT2D eigenvalue weighted by Gasteiger charge is -2.26. The number of nitrogens with one attached hydrogen (secondary N) is 1. The third-order valence-electron chi connectivity index (χ3n) is 5.92. The Bertz CT molecular complexity index is 1510. The molecule has 0 amide bonds. The molecule has 1 saturated heterocycles. The molecule has 0 unspecified atom stereocenters. The first-order valence-corrected chi connectivity index (χ1v) is 11.7. The monoisotopic (exact) mass is 535 g/mol. The van der Waals surface area contributed by atoms with E-state index in [1.807, 2.05) is 12.1 Å². The maximum atomic E-state index is 11.6. The molecule has 4 N–H and O–H groups in total. The van der Waals surface area contributed by atoms with Gasteiger partial charge in [-0.15, -0.1) is 0 Å². The van der Waals surface area contributed by atoms with Crippen molar-refractivity contribution in [2.45, 2.75) is 12.1 Å². The van der Waals surface area contributed by atoms with Crippen LogP contribution in [0.2, 0.25) is 5.02 Å². The number of aromatic nitrogens is 1. The Morgan fingerprint density at radius 3 is 2.38 bits per heavy atom. The molecule has 1 aliphatic heterocycles. The van der Waals surface area contributed by atoms with Gasteiger partial charge in [0.1, 0.15) is 23.3 Å². The molecule has 11 heteroatoms. The normalized spacial score (nSPS) is 17.0. The smallest absolute Gasteiger partial charge is 0.335 e. The number of nitrogens with zero attached hydrogens (tertiary/aromatic N) is 2. The van der Waals surface area contributed by atoms with Crippen molar-refractivity contribution >= 4 is 46.6 Å². The number of halogens is 1. The van der Waals surface area contributed by atoms with Crippen LogP contribution in [-0.4, -0.2) is 37.4 Å². The van der Waals surface area contributed by atoms with Crippen LogP contribution < -0.4 is 10.2 Å². The molecule has 0 aliphatic carbocycles. The van der Waals surface area contributed by atoms with Gasteiger partial charge in [-0.2, -0.15) is 0 Å². The van der Waals surface area contributed by atoms with Crippen LogP contribution in [0.15, 0.2) is 77.3 Å². The Morgan fingerprint density at radius 1 is 1.00 bits per heavy atom. The summed E-state index contributed by atoms with van der Waals surface area (Å²) in [6.07, 6.45) is 1.65. The quantitative estimate of drug-likeness (QED) is 0.241. The van der Waals surface area contributed by atoms with Gasteiger partial charge in [-0.05, 0) is 72.9 Å². The highest BCUT2D eigenvalue weighted by Gasteiger charge is 2.43. The van der Waals surface area contributed by atoms with Crippen LogP contribution in [0.4, 0.5) is 5.69 Å². The predicted octanol–water partition coefficient (Wildman–Crippen LogP) is 5.27. The number of rotatable bonds is 6. The van der Waals surface area contributed by atoms with Gasteiger partial charge in [-0.25, -0.2) is 9.59 Å². The molecule has 5 rings (SSSR count). The fraction of sp³-hybridized carbons (Fsp3) is 0.0769. The SMILES string of the molecule is O=C(O)c1cc(C(=O)O)cc(-c2ccc([C@H]3[C@H](c4ccccn4)NC(=S)N3c3cc(Cl)ccc3O)o2)c1. The van der Waals surface area contributed by atoms with Crippen molar-refractivity contribution in [3.05, 3.63) is 101 Å². The Labute approximate surface area is 220 Å². The number of carbonyl (C=O) groups is 2.